The monoisotopic (exact) mass is 313 g/mol. The molecule has 0 radical (unpaired) electrons. The molecule has 2 atom stereocenters. The van der Waals surface area contributed by atoms with Crippen LogP contribution in [0.1, 0.15) is 32.8 Å². The standard InChI is InChI=1S/C16H24ClNO3/c1-5-11(2)16(3,20)10-18-15(19)9-12-8-13(17)6-7-14(12)21-4/h6-8,11,20H,5,9-10H2,1-4H3,(H,18,19). The lowest BCUT2D eigenvalue weighted by atomic mass is 9.88. The van der Waals surface area contributed by atoms with E-state index in [4.69, 9.17) is 16.3 Å². The maximum atomic E-state index is 12.0. The zero-order chi connectivity index (χ0) is 16.0. The van der Waals surface area contributed by atoms with Crippen LogP contribution in [-0.2, 0) is 11.2 Å². The smallest absolute Gasteiger partial charge is 0.224 e. The maximum Gasteiger partial charge on any atom is 0.224 e. The number of hydrogen-bond acceptors (Lipinski definition) is 3. The van der Waals surface area contributed by atoms with Crippen molar-refractivity contribution >= 4 is 17.5 Å². The van der Waals surface area contributed by atoms with Gasteiger partial charge in [-0.3, -0.25) is 4.79 Å². The number of nitrogens with one attached hydrogen (secondary N) is 1. The number of amides is 1. The van der Waals surface area contributed by atoms with E-state index in [1.807, 2.05) is 13.8 Å². The van der Waals surface area contributed by atoms with Crippen LogP contribution < -0.4 is 10.1 Å². The highest BCUT2D eigenvalue weighted by Crippen LogP contribution is 2.23. The van der Waals surface area contributed by atoms with Crippen molar-refractivity contribution in [1.29, 1.82) is 0 Å². The highest BCUT2D eigenvalue weighted by atomic mass is 35.5. The molecule has 0 bridgehead atoms. The predicted molar refractivity (Wildman–Crippen MR) is 84.8 cm³/mol. The van der Waals surface area contributed by atoms with Crippen LogP contribution in [0.15, 0.2) is 18.2 Å². The molecule has 118 valence electrons. The van der Waals surface area contributed by atoms with Gasteiger partial charge in [-0.1, -0.05) is 31.9 Å². The third-order valence-electron chi connectivity index (χ3n) is 3.91. The van der Waals surface area contributed by atoms with Crippen molar-refractivity contribution in [2.75, 3.05) is 13.7 Å². The van der Waals surface area contributed by atoms with E-state index >= 15 is 0 Å². The summed E-state index contributed by atoms with van der Waals surface area (Å²) in [4.78, 5) is 12.0. The molecule has 0 fully saturated rings. The van der Waals surface area contributed by atoms with Gasteiger partial charge in [0.05, 0.1) is 19.1 Å². The lowest BCUT2D eigenvalue weighted by Gasteiger charge is -2.29. The van der Waals surface area contributed by atoms with Gasteiger partial charge in [0.15, 0.2) is 0 Å². The molecule has 1 aromatic carbocycles. The summed E-state index contributed by atoms with van der Waals surface area (Å²) >= 11 is 5.94. The van der Waals surface area contributed by atoms with Crippen LogP contribution >= 0.6 is 11.6 Å². The summed E-state index contributed by atoms with van der Waals surface area (Å²) in [5, 5.41) is 13.6. The van der Waals surface area contributed by atoms with Crippen LogP contribution in [0.4, 0.5) is 0 Å². The molecule has 2 unspecified atom stereocenters. The Morgan fingerprint density at radius 3 is 2.76 bits per heavy atom. The third kappa shape index (κ3) is 5.21. The molecule has 0 saturated heterocycles. The average molecular weight is 314 g/mol. The molecule has 0 aliphatic rings. The summed E-state index contributed by atoms with van der Waals surface area (Å²) in [6, 6.07) is 5.17. The van der Waals surface area contributed by atoms with E-state index < -0.39 is 5.60 Å². The van der Waals surface area contributed by atoms with E-state index in [9.17, 15) is 9.90 Å². The third-order valence-corrected chi connectivity index (χ3v) is 4.15. The number of rotatable bonds is 7. The molecule has 1 rings (SSSR count). The lowest BCUT2D eigenvalue weighted by molar-refractivity contribution is -0.122. The average Bonchev–Trinajstić information content (AvgIpc) is 2.44. The Labute approximate surface area is 131 Å². The molecule has 0 heterocycles. The molecule has 0 saturated carbocycles. The molecule has 0 spiro atoms. The SMILES string of the molecule is CCC(C)C(C)(O)CNC(=O)Cc1cc(Cl)ccc1OC. The van der Waals surface area contributed by atoms with Crippen molar-refractivity contribution in [3.05, 3.63) is 28.8 Å². The molecule has 21 heavy (non-hydrogen) atoms. The highest BCUT2D eigenvalue weighted by molar-refractivity contribution is 6.30. The highest BCUT2D eigenvalue weighted by Gasteiger charge is 2.27. The Morgan fingerprint density at radius 2 is 2.19 bits per heavy atom. The number of carbonyl (C=O) groups is 1. The summed E-state index contributed by atoms with van der Waals surface area (Å²) in [7, 11) is 1.55. The van der Waals surface area contributed by atoms with Crippen molar-refractivity contribution in [3.63, 3.8) is 0 Å². The lowest BCUT2D eigenvalue weighted by Crippen LogP contribution is -2.45. The predicted octanol–water partition coefficient (Wildman–Crippen LogP) is 2.80. The number of methoxy groups -OCH3 is 1. The summed E-state index contributed by atoms with van der Waals surface area (Å²) in [6.45, 7) is 5.94. The molecule has 0 aliphatic carbocycles. The Balaban J connectivity index is 2.64. The van der Waals surface area contributed by atoms with Gasteiger partial charge in [0.1, 0.15) is 5.75 Å². The van der Waals surface area contributed by atoms with Crippen LogP contribution in [0.3, 0.4) is 0 Å². The minimum Gasteiger partial charge on any atom is -0.496 e. The maximum absolute atomic E-state index is 12.0. The quantitative estimate of drug-likeness (QED) is 0.814. The molecular weight excluding hydrogens is 290 g/mol. The van der Waals surface area contributed by atoms with E-state index in [-0.39, 0.29) is 24.8 Å². The molecule has 2 N–H and O–H groups in total. The Hall–Kier alpha value is -1.26. The van der Waals surface area contributed by atoms with Crippen LogP contribution in [0.5, 0.6) is 5.75 Å². The zero-order valence-electron chi connectivity index (χ0n) is 13.1. The van der Waals surface area contributed by atoms with Crippen LogP contribution in [0.25, 0.3) is 0 Å². The van der Waals surface area contributed by atoms with E-state index in [0.717, 1.165) is 12.0 Å². The van der Waals surface area contributed by atoms with Gasteiger partial charge in [-0.15, -0.1) is 0 Å². The number of ether oxygens (including phenoxy) is 1. The van der Waals surface area contributed by atoms with Crippen LogP contribution in [0, 0.1) is 5.92 Å². The number of aliphatic hydroxyl groups is 1. The van der Waals surface area contributed by atoms with E-state index in [0.29, 0.717) is 10.8 Å². The number of hydrogen-bond donors (Lipinski definition) is 2. The molecule has 0 aliphatic heterocycles. The summed E-state index contributed by atoms with van der Waals surface area (Å²) in [6.07, 6.45) is 1.02. The zero-order valence-corrected chi connectivity index (χ0v) is 13.8. The Kier molecular flexibility index (Phi) is 6.49. The van der Waals surface area contributed by atoms with E-state index in [1.165, 1.54) is 0 Å². The number of halogens is 1. The van der Waals surface area contributed by atoms with Gasteiger partial charge in [0.25, 0.3) is 0 Å². The van der Waals surface area contributed by atoms with Gasteiger partial charge in [0.2, 0.25) is 5.91 Å². The van der Waals surface area contributed by atoms with Crippen molar-refractivity contribution in [2.24, 2.45) is 5.92 Å². The van der Waals surface area contributed by atoms with Gasteiger partial charge in [-0.2, -0.15) is 0 Å². The van der Waals surface area contributed by atoms with Crippen molar-refractivity contribution in [2.45, 2.75) is 39.2 Å². The van der Waals surface area contributed by atoms with Crippen LogP contribution in [-0.4, -0.2) is 30.3 Å². The van der Waals surface area contributed by atoms with E-state index in [2.05, 4.69) is 5.32 Å². The minimum atomic E-state index is -0.914. The minimum absolute atomic E-state index is 0.110. The van der Waals surface area contributed by atoms with Crippen molar-refractivity contribution < 1.29 is 14.6 Å². The fourth-order valence-electron chi connectivity index (χ4n) is 2.01. The van der Waals surface area contributed by atoms with Crippen LogP contribution in [0.2, 0.25) is 5.02 Å². The largest absolute Gasteiger partial charge is 0.496 e. The van der Waals surface area contributed by atoms with Gasteiger partial charge in [0, 0.05) is 17.1 Å². The second-order valence-corrected chi connectivity index (χ2v) is 6.01. The first-order valence-electron chi connectivity index (χ1n) is 7.11. The fraction of sp³-hybridized carbons (Fsp3) is 0.562. The number of carbonyl (C=O) groups excluding carboxylic acids is 1. The van der Waals surface area contributed by atoms with Gasteiger partial charge in [-0.25, -0.2) is 0 Å². The summed E-state index contributed by atoms with van der Waals surface area (Å²) in [5.41, 5.74) is -0.186. The Bertz CT molecular complexity index is 488. The molecule has 4 nitrogen and oxygen atoms in total. The second-order valence-electron chi connectivity index (χ2n) is 5.58. The van der Waals surface area contributed by atoms with Gasteiger partial charge >= 0.3 is 0 Å². The van der Waals surface area contributed by atoms with Crippen molar-refractivity contribution in [3.8, 4) is 5.75 Å². The first kappa shape index (κ1) is 17.8. The molecule has 1 amide bonds. The van der Waals surface area contributed by atoms with E-state index in [1.54, 1.807) is 32.2 Å². The molecular formula is C16H24ClNO3. The molecule has 5 heteroatoms. The molecule has 1 aromatic rings. The molecule has 0 aromatic heterocycles. The first-order valence-corrected chi connectivity index (χ1v) is 7.49. The first-order chi connectivity index (χ1) is 9.80. The number of benzene rings is 1. The van der Waals surface area contributed by atoms with Gasteiger partial charge in [-0.05, 0) is 31.0 Å². The normalized spacial score (nSPS) is 15.1. The summed E-state index contributed by atoms with van der Waals surface area (Å²) in [5.74, 6) is 0.570. The van der Waals surface area contributed by atoms with Crippen molar-refractivity contribution in [1.82, 2.24) is 5.32 Å². The fourth-order valence-corrected chi connectivity index (χ4v) is 2.21. The second kappa shape index (κ2) is 7.66. The summed E-state index contributed by atoms with van der Waals surface area (Å²) < 4.78 is 5.21. The Morgan fingerprint density at radius 1 is 1.52 bits per heavy atom. The topological polar surface area (TPSA) is 58.6 Å². The van der Waals surface area contributed by atoms with Gasteiger partial charge < -0.3 is 15.2 Å².